The summed E-state index contributed by atoms with van der Waals surface area (Å²) in [5.74, 6) is 0. The van der Waals surface area contributed by atoms with E-state index in [0.717, 1.165) is 24.5 Å². The molecule has 2 heterocycles. The zero-order chi connectivity index (χ0) is 11.3. The monoisotopic (exact) mass is 270 g/mol. The highest BCUT2D eigenvalue weighted by Crippen LogP contribution is 2.31. The molecule has 0 atom stereocenters. The number of fused-ring (bicyclic) bond motifs is 3. The molecule has 2 nitrogen and oxygen atoms in total. The van der Waals surface area contributed by atoms with Crippen molar-refractivity contribution in [2.75, 3.05) is 13.6 Å². The van der Waals surface area contributed by atoms with Crippen LogP contribution >= 0.6 is 24.0 Å². The van der Waals surface area contributed by atoms with Gasteiger partial charge >= 0.3 is 0 Å². The fourth-order valence-corrected chi connectivity index (χ4v) is 2.86. The van der Waals surface area contributed by atoms with Crippen molar-refractivity contribution >= 4 is 34.9 Å². The fourth-order valence-electron chi connectivity index (χ4n) is 2.69. The van der Waals surface area contributed by atoms with Gasteiger partial charge in [-0.2, -0.15) is 0 Å². The molecule has 92 valence electrons. The van der Waals surface area contributed by atoms with Crippen molar-refractivity contribution < 1.29 is 0 Å². The number of halogens is 2. The first kappa shape index (κ1) is 12.7. The van der Waals surface area contributed by atoms with Crippen molar-refractivity contribution in [2.24, 2.45) is 7.05 Å². The van der Waals surface area contributed by atoms with Crippen molar-refractivity contribution in [1.29, 1.82) is 0 Å². The fraction of sp³-hybridized carbons (Fsp3) is 0.385. The Morgan fingerprint density at radius 3 is 2.76 bits per heavy atom. The van der Waals surface area contributed by atoms with Crippen LogP contribution in [0, 0.1) is 0 Å². The zero-order valence-corrected chi connectivity index (χ0v) is 11.6. The van der Waals surface area contributed by atoms with Crippen LogP contribution in [-0.4, -0.2) is 23.1 Å². The van der Waals surface area contributed by atoms with Gasteiger partial charge in [-0.25, -0.2) is 0 Å². The van der Waals surface area contributed by atoms with Gasteiger partial charge < -0.3 is 9.47 Å². The Morgan fingerprint density at radius 2 is 2.00 bits per heavy atom. The number of likely N-dealkylation sites (N-methyl/N-ethyl adjacent to an activating group) is 1. The van der Waals surface area contributed by atoms with Crippen molar-refractivity contribution in [3.63, 3.8) is 0 Å². The summed E-state index contributed by atoms with van der Waals surface area (Å²) >= 11 is 6.08. The number of aryl methyl sites for hydroxylation is 1. The summed E-state index contributed by atoms with van der Waals surface area (Å²) in [5, 5.41) is 2.14. The molecule has 0 fully saturated rings. The van der Waals surface area contributed by atoms with E-state index in [0.29, 0.717) is 0 Å². The lowest BCUT2D eigenvalue weighted by Crippen LogP contribution is -2.26. The van der Waals surface area contributed by atoms with Gasteiger partial charge in [0.05, 0.1) is 0 Å². The second-order valence-electron chi connectivity index (χ2n) is 4.63. The first-order chi connectivity index (χ1) is 7.66. The molecule has 1 aromatic carbocycles. The molecule has 4 heteroatoms. The summed E-state index contributed by atoms with van der Waals surface area (Å²) in [4.78, 5) is 2.36. The van der Waals surface area contributed by atoms with Gasteiger partial charge in [-0.3, -0.25) is 0 Å². The normalized spacial score (nSPS) is 15.7. The Labute approximate surface area is 113 Å². The highest BCUT2D eigenvalue weighted by atomic mass is 35.5. The van der Waals surface area contributed by atoms with Crippen LogP contribution in [0.4, 0.5) is 0 Å². The molecule has 0 bridgehead atoms. The predicted molar refractivity (Wildman–Crippen MR) is 75.2 cm³/mol. The first-order valence-corrected chi connectivity index (χ1v) is 5.99. The SMILES string of the molecule is CN1CCc2c(c3cc(Cl)ccc3n2C)C1.Cl. The highest BCUT2D eigenvalue weighted by Gasteiger charge is 2.20. The number of benzene rings is 1. The van der Waals surface area contributed by atoms with Crippen LogP contribution in [0.2, 0.25) is 5.02 Å². The van der Waals surface area contributed by atoms with Gasteiger partial charge in [-0.1, -0.05) is 11.6 Å². The number of hydrogen-bond donors (Lipinski definition) is 0. The smallest absolute Gasteiger partial charge is 0.0484 e. The van der Waals surface area contributed by atoms with Crippen molar-refractivity contribution in [2.45, 2.75) is 13.0 Å². The van der Waals surface area contributed by atoms with E-state index in [2.05, 4.69) is 35.7 Å². The summed E-state index contributed by atoms with van der Waals surface area (Å²) in [7, 11) is 4.33. The zero-order valence-electron chi connectivity index (χ0n) is 10.0. The van der Waals surface area contributed by atoms with Gasteiger partial charge in [-0.05, 0) is 30.8 Å². The molecule has 0 spiro atoms. The van der Waals surface area contributed by atoms with Crippen LogP contribution < -0.4 is 0 Å². The third-order valence-corrected chi connectivity index (χ3v) is 3.79. The minimum atomic E-state index is 0. The van der Waals surface area contributed by atoms with Crippen molar-refractivity contribution in [3.8, 4) is 0 Å². The Balaban J connectivity index is 0.00000108. The molecule has 2 aromatic rings. The molecule has 3 rings (SSSR count). The van der Waals surface area contributed by atoms with Gasteiger partial charge in [0.25, 0.3) is 0 Å². The molecule has 0 amide bonds. The minimum absolute atomic E-state index is 0. The summed E-state index contributed by atoms with van der Waals surface area (Å²) in [6.07, 6.45) is 1.13. The highest BCUT2D eigenvalue weighted by molar-refractivity contribution is 6.31. The van der Waals surface area contributed by atoms with E-state index < -0.39 is 0 Å². The topological polar surface area (TPSA) is 8.17 Å². The predicted octanol–water partition coefficient (Wildman–Crippen LogP) is 3.24. The average Bonchev–Trinajstić information content (AvgIpc) is 2.52. The van der Waals surface area contributed by atoms with E-state index in [1.807, 2.05) is 6.07 Å². The van der Waals surface area contributed by atoms with Gasteiger partial charge in [-0.15, -0.1) is 12.4 Å². The molecule has 0 saturated carbocycles. The van der Waals surface area contributed by atoms with Crippen LogP contribution in [0.15, 0.2) is 18.2 Å². The molecule has 1 aromatic heterocycles. The quantitative estimate of drug-likeness (QED) is 0.714. The molecule has 17 heavy (non-hydrogen) atoms. The van der Waals surface area contributed by atoms with Gasteiger partial charge in [0.15, 0.2) is 0 Å². The van der Waals surface area contributed by atoms with E-state index in [1.54, 1.807) is 0 Å². The van der Waals surface area contributed by atoms with E-state index in [9.17, 15) is 0 Å². The van der Waals surface area contributed by atoms with E-state index >= 15 is 0 Å². The lowest BCUT2D eigenvalue weighted by Gasteiger charge is -2.23. The van der Waals surface area contributed by atoms with Crippen LogP contribution in [0.25, 0.3) is 10.9 Å². The standard InChI is InChI=1S/C13H15ClN2.ClH/c1-15-6-5-13-11(8-15)10-7-9(14)3-4-12(10)16(13)2;/h3-4,7H,5-6,8H2,1-2H3;1H. The maximum absolute atomic E-state index is 6.08. The third-order valence-electron chi connectivity index (χ3n) is 3.56. The summed E-state index contributed by atoms with van der Waals surface area (Å²) < 4.78 is 2.31. The Hall–Kier alpha value is -0.700. The number of hydrogen-bond acceptors (Lipinski definition) is 1. The average molecular weight is 271 g/mol. The van der Waals surface area contributed by atoms with Gasteiger partial charge in [0, 0.05) is 48.2 Å². The molecule has 1 aliphatic heterocycles. The summed E-state index contributed by atoms with van der Waals surface area (Å²) in [6, 6.07) is 6.18. The van der Waals surface area contributed by atoms with Crippen molar-refractivity contribution in [3.05, 3.63) is 34.5 Å². The number of rotatable bonds is 0. The summed E-state index contributed by atoms with van der Waals surface area (Å²) in [5.41, 5.74) is 4.22. The molecule has 0 radical (unpaired) electrons. The lowest BCUT2D eigenvalue weighted by atomic mass is 10.1. The van der Waals surface area contributed by atoms with Crippen LogP contribution in [0.1, 0.15) is 11.3 Å². The van der Waals surface area contributed by atoms with Crippen molar-refractivity contribution in [1.82, 2.24) is 9.47 Å². The molecular weight excluding hydrogens is 255 g/mol. The number of aromatic nitrogens is 1. The molecule has 0 aliphatic carbocycles. The minimum Gasteiger partial charge on any atom is -0.347 e. The first-order valence-electron chi connectivity index (χ1n) is 5.61. The van der Waals surface area contributed by atoms with E-state index in [4.69, 9.17) is 11.6 Å². The Bertz CT molecular complexity index is 560. The second kappa shape index (κ2) is 4.52. The Morgan fingerprint density at radius 1 is 1.24 bits per heavy atom. The largest absolute Gasteiger partial charge is 0.347 e. The third kappa shape index (κ3) is 1.95. The van der Waals surface area contributed by atoms with E-state index in [1.165, 1.54) is 22.2 Å². The molecule has 0 unspecified atom stereocenters. The number of nitrogens with zero attached hydrogens (tertiary/aromatic N) is 2. The maximum Gasteiger partial charge on any atom is 0.0484 e. The van der Waals surface area contributed by atoms with E-state index in [-0.39, 0.29) is 12.4 Å². The van der Waals surface area contributed by atoms with Crippen LogP contribution in [-0.2, 0) is 20.0 Å². The van der Waals surface area contributed by atoms with Gasteiger partial charge in [0.1, 0.15) is 0 Å². The molecular formula is C13H16Cl2N2. The molecule has 0 saturated heterocycles. The maximum atomic E-state index is 6.08. The molecule has 1 aliphatic rings. The lowest BCUT2D eigenvalue weighted by molar-refractivity contribution is 0.310. The summed E-state index contributed by atoms with van der Waals surface area (Å²) in [6.45, 7) is 2.18. The molecule has 0 N–H and O–H groups in total. The second-order valence-corrected chi connectivity index (χ2v) is 5.07. The van der Waals surface area contributed by atoms with Crippen LogP contribution in [0.3, 0.4) is 0 Å². The Kier molecular flexibility index (Phi) is 3.39. The van der Waals surface area contributed by atoms with Crippen LogP contribution in [0.5, 0.6) is 0 Å². The van der Waals surface area contributed by atoms with Gasteiger partial charge in [0.2, 0.25) is 0 Å².